The van der Waals surface area contributed by atoms with E-state index in [0.717, 1.165) is 13.2 Å². The van der Waals surface area contributed by atoms with Crippen molar-refractivity contribution < 1.29 is 50.8 Å². The lowest BCUT2D eigenvalue weighted by molar-refractivity contribution is -0.385. The van der Waals surface area contributed by atoms with E-state index in [1.54, 1.807) is 35.9 Å². The summed E-state index contributed by atoms with van der Waals surface area (Å²) in [6.45, 7) is 2.04. The SMILES string of the molecule is CCOc1ccccc1OS(=O)(=O)NC(=O)Nc1nc(OC)cc(OC)n1.COC(=O)c1cc(Oc2ccc(Cl)cc2Cl)ccc1[N+](=O)[O-]. The number of methoxy groups -OCH3 is 3. The summed E-state index contributed by atoms with van der Waals surface area (Å²) in [5, 5.41) is 13.8. The Balaban J connectivity index is 0.000000271. The Kier molecular flexibility index (Phi) is 13.5. The highest BCUT2D eigenvalue weighted by Crippen LogP contribution is 2.34. The molecule has 2 amide bonds. The molecule has 0 saturated heterocycles. The van der Waals surface area contributed by atoms with E-state index in [0.29, 0.717) is 17.4 Å². The first-order chi connectivity index (χ1) is 23.3. The van der Waals surface area contributed by atoms with Gasteiger partial charge in [0.25, 0.3) is 5.69 Å². The molecule has 1 aromatic heterocycles. The second kappa shape index (κ2) is 17.5. The van der Waals surface area contributed by atoms with Crippen molar-refractivity contribution in [2.75, 3.05) is 33.3 Å². The fourth-order valence-electron chi connectivity index (χ4n) is 3.54. The molecule has 17 nitrogen and oxygen atoms in total. The number of anilines is 1. The van der Waals surface area contributed by atoms with E-state index < -0.39 is 27.2 Å². The largest absolute Gasteiger partial charge is 0.490 e. The van der Waals surface area contributed by atoms with Crippen LogP contribution in [0.5, 0.6) is 34.8 Å². The number of nitro benzene ring substituents is 1. The third kappa shape index (κ3) is 11.3. The highest BCUT2D eigenvalue weighted by atomic mass is 35.5. The van der Waals surface area contributed by atoms with Crippen molar-refractivity contribution in [1.82, 2.24) is 14.7 Å². The summed E-state index contributed by atoms with van der Waals surface area (Å²) in [7, 11) is -0.630. The maximum Gasteiger partial charge on any atom is 0.411 e. The molecule has 0 spiro atoms. The van der Waals surface area contributed by atoms with Gasteiger partial charge in [-0.3, -0.25) is 15.4 Å². The Morgan fingerprint density at radius 1 is 0.898 bits per heavy atom. The van der Waals surface area contributed by atoms with E-state index >= 15 is 0 Å². The summed E-state index contributed by atoms with van der Waals surface area (Å²) in [6.07, 6.45) is 0. The molecule has 0 fully saturated rings. The number of nitro groups is 1. The van der Waals surface area contributed by atoms with E-state index in [4.69, 9.17) is 46.3 Å². The van der Waals surface area contributed by atoms with Crippen molar-refractivity contribution in [2.24, 2.45) is 0 Å². The first-order valence-corrected chi connectivity index (χ1v) is 15.7. The Labute approximate surface area is 289 Å². The molecular weight excluding hydrogens is 713 g/mol. The van der Waals surface area contributed by atoms with Gasteiger partial charge >= 0.3 is 22.3 Å². The molecule has 0 saturated carbocycles. The van der Waals surface area contributed by atoms with Crippen molar-refractivity contribution in [3.05, 3.63) is 92.5 Å². The molecule has 2 N–H and O–H groups in total. The number of hydrogen-bond acceptors (Lipinski definition) is 14. The first kappa shape index (κ1) is 37.9. The van der Waals surface area contributed by atoms with Gasteiger partial charge in [0.05, 0.1) is 43.9 Å². The van der Waals surface area contributed by atoms with Crippen LogP contribution in [0.15, 0.2) is 66.7 Å². The van der Waals surface area contributed by atoms with Crippen LogP contribution in [0, 0.1) is 10.1 Å². The standard InChI is InChI=1S/C15H18N4O7S.C14H9Cl2NO5/c1-4-25-10-7-5-6-8-11(10)26-27(21,22)19-15(20)18-14-16-12(23-2)9-13(17-14)24-3;1-21-14(18)10-7-9(3-4-12(10)17(19)20)22-13-5-2-8(15)6-11(13)16/h5-9H,4H2,1-3H3,(H2,16,17,18,19,20);2-7H,1H3. The van der Waals surface area contributed by atoms with Gasteiger partial charge in [0.1, 0.15) is 17.1 Å². The molecule has 0 unspecified atom stereocenters. The molecule has 4 rings (SSSR count). The maximum absolute atomic E-state index is 12.1. The fraction of sp³-hybridized carbons (Fsp3) is 0.172. The minimum absolute atomic E-state index is 0.0704. The summed E-state index contributed by atoms with van der Waals surface area (Å²) in [5.41, 5.74) is -0.587. The van der Waals surface area contributed by atoms with Gasteiger partial charge < -0.3 is 27.9 Å². The molecule has 1 heterocycles. The molecular formula is C29H27Cl2N5O12S. The second-order valence-electron chi connectivity index (χ2n) is 8.85. The lowest BCUT2D eigenvalue weighted by Crippen LogP contribution is -2.37. The van der Waals surface area contributed by atoms with Gasteiger partial charge in [0, 0.05) is 17.2 Å². The number of rotatable bonds is 12. The Hall–Kier alpha value is -5.59. The van der Waals surface area contributed by atoms with Gasteiger partial charge in [-0.25, -0.2) is 14.3 Å². The second-order valence-corrected chi connectivity index (χ2v) is 11.0. The third-order valence-electron chi connectivity index (χ3n) is 5.58. The van der Waals surface area contributed by atoms with Crippen molar-refractivity contribution in [1.29, 1.82) is 0 Å². The van der Waals surface area contributed by atoms with Crippen LogP contribution in [0.3, 0.4) is 0 Å². The number of urea groups is 1. The summed E-state index contributed by atoms with van der Waals surface area (Å²) in [5.74, 6) is -0.187. The summed E-state index contributed by atoms with van der Waals surface area (Å²) in [4.78, 5) is 41.5. The number of amides is 2. The van der Waals surface area contributed by atoms with Gasteiger partial charge in [-0.15, -0.1) is 0 Å². The smallest absolute Gasteiger partial charge is 0.411 e. The molecule has 0 aliphatic heterocycles. The van der Waals surface area contributed by atoms with Crippen LogP contribution < -0.4 is 33.2 Å². The number of nitrogens with one attached hydrogen (secondary N) is 2. The summed E-state index contributed by atoms with van der Waals surface area (Å²) in [6, 6.07) is 14.7. The van der Waals surface area contributed by atoms with Crippen LogP contribution in [-0.4, -0.2) is 63.2 Å². The number of aromatic nitrogens is 2. The quantitative estimate of drug-likeness (QED) is 0.0995. The predicted octanol–water partition coefficient (Wildman–Crippen LogP) is 5.82. The van der Waals surface area contributed by atoms with Crippen molar-refractivity contribution in [3.63, 3.8) is 0 Å². The lowest BCUT2D eigenvalue weighted by Gasteiger charge is -2.12. The number of hydrogen-bond donors (Lipinski definition) is 2. The van der Waals surface area contributed by atoms with Crippen LogP contribution in [-0.2, 0) is 15.0 Å². The molecule has 0 aliphatic carbocycles. The van der Waals surface area contributed by atoms with Crippen molar-refractivity contribution in [2.45, 2.75) is 6.92 Å². The van der Waals surface area contributed by atoms with Crippen LogP contribution >= 0.6 is 23.2 Å². The van der Waals surface area contributed by atoms with Crippen LogP contribution in [0.4, 0.5) is 16.4 Å². The zero-order chi connectivity index (χ0) is 36.1. The normalized spacial score (nSPS) is 10.4. The van der Waals surface area contributed by atoms with Gasteiger partial charge in [-0.05, 0) is 43.3 Å². The zero-order valence-corrected chi connectivity index (χ0v) is 28.3. The van der Waals surface area contributed by atoms with E-state index in [1.165, 1.54) is 50.6 Å². The molecule has 0 atom stereocenters. The number of nitrogens with zero attached hydrogens (tertiary/aromatic N) is 3. The molecule has 3 aromatic carbocycles. The number of benzene rings is 3. The third-order valence-corrected chi connectivity index (χ3v) is 6.95. The Morgan fingerprint density at radius 2 is 1.55 bits per heavy atom. The topological polar surface area (TPSA) is 217 Å². The molecule has 0 bridgehead atoms. The van der Waals surface area contributed by atoms with Crippen LogP contribution in [0.1, 0.15) is 17.3 Å². The number of halogens is 2. The average molecular weight is 741 g/mol. The van der Waals surface area contributed by atoms with E-state index in [9.17, 15) is 28.1 Å². The summed E-state index contributed by atoms with van der Waals surface area (Å²) < 4.78 is 55.9. The van der Waals surface area contributed by atoms with Gasteiger partial charge in [0.2, 0.25) is 17.7 Å². The Bertz CT molecular complexity index is 1910. The van der Waals surface area contributed by atoms with E-state index in [-0.39, 0.29) is 51.2 Å². The van der Waals surface area contributed by atoms with E-state index in [2.05, 4.69) is 20.0 Å². The fourth-order valence-corrected chi connectivity index (χ4v) is 4.68. The minimum atomic E-state index is -4.49. The lowest BCUT2D eigenvalue weighted by atomic mass is 10.1. The van der Waals surface area contributed by atoms with Crippen LogP contribution in [0.25, 0.3) is 0 Å². The number of para-hydroxylation sites is 2. The molecule has 49 heavy (non-hydrogen) atoms. The number of ether oxygens (including phenoxy) is 5. The summed E-state index contributed by atoms with van der Waals surface area (Å²) >= 11 is 11.8. The van der Waals surface area contributed by atoms with Crippen molar-refractivity contribution in [3.8, 4) is 34.8 Å². The number of esters is 1. The highest BCUT2D eigenvalue weighted by Gasteiger charge is 2.23. The van der Waals surface area contributed by atoms with Crippen molar-refractivity contribution >= 4 is 57.1 Å². The molecule has 20 heteroatoms. The molecule has 0 radical (unpaired) electrons. The van der Waals surface area contributed by atoms with Gasteiger partial charge in [-0.2, -0.15) is 18.4 Å². The first-order valence-electron chi connectivity index (χ1n) is 13.5. The monoisotopic (exact) mass is 739 g/mol. The van der Waals surface area contributed by atoms with Crippen LogP contribution in [0.2, 0.25) is 10.0 Å². The molecule has 4 aromatic rings. The predicted molar refractivity (Wildman–Crippen MR) is 175 cm³/mol. The average Bonchev–Trinajstić information content (AvgIpc) is 3.06. The van der Waals surface area contributed by atoms with E-state index in [1.807, 2.05) is 0 Å². The number of carbonyl (C=O) groups is 2. The Morgan fingerprint density at radius 3 is 2.12 bits per heavy atom. The zero-order valence-electron chi connectivity index (χ0n) is 26.0. The molecule has 260 valence electrons. The highest BCUT2D eigenvalue weighted by molar-refractivity contribution is 7.85. The number of carbonyl (C=O) groups excluding carboxylic acids is 2. The maximum atomic E-state index is 12.1. The van der Waals surface area contributed by atoms with Gasteiger partial charge in [-0.1, -0.05) is 35.3 Å². The minimum Gasteiger partial charge on any atom is -0.490 e. The van der Waals surface area contributed by atoms with Gasteiger partial charge in [0.15, 0.2) is 11.5 Å². The molecule has 0 aliphatic rings.